The first-order valence-electron chi connectivity index (χ1n) is 9.04. The number of carbonyl (C=O) groups is 1. The predicted molar refractivity (Wildman–Crippen MR) is 111 cm³/mol. The van der Waals surface area contributed by atoms with Gasteiger partial charge >= 0.3 is 0 Å². The van der Waals surface area contributed by atoms with Gasteiger partial charge in [0.1, 0.15) is 5.75 Å². The van der Waals surface area contributed by atoms with E-state index in [4.69, 9.17) is 4.74 Å². The second-order valence-electron chi connectivity index (χ2n) is 6.89. The fourth-order valence-electron chi connectivity index (χ4n) is 3.92. The molecule has 3 unspecified atom stereocenters. The van der Waals surface area contributed by atoms with Gasteiger partial charge in [-0.05, 0) is 43.4 Å². The summed E-state index contributed by atoms with van der Waals surface area (Å²) in [7, 11) is 0. The van der Waals surface area contributed by atoms with Crippen LogP contribution in [0, 0.1) is 5.92 Å². The van der Waals surface area contributed by atoms with E-state index in [-0.39, 0.29) is 36.8 Å². The number of nitrogens with one attached hydrogen (secondary N) is 2. The van der Waals surface area contributed by atoms with Crippen LogP contribution in [0.2, 0.25) is 0 Å². The second kappa shape index (κ2) is 9.93. The first-order chi connectivity index (χ1) is 12.3. The van der Waals surface area contributed by atoms with Gasteiger partial charge in [0, 0.05) is 30.1 Å². The Hall–Kier alpha value is -1.82. The summed E-state index contributed by atoms with van der Waals surface area (Å²) in [5.41, 5.74) is 0.745. The molecule has 5 nitrogen and oxygen atoms in total. The van der Waals surface area contributed by atoms with Gasteiger partial charge in [0.25, 0.3) is 0 Å². The molecule has 1 saturated heterocycles. The van der Waals surface area contributed by atoms with Crippen molar-refractivity contribution in [3.8, 4) is 11.6 Å². The maximum absolute atomic E-state index is 12.6. The summed E-state index contributed by atoms with van der Waals surface area (Å²) in [6, 6.07) is 13.4. The van der Waals surface area contributed by atoms with Crippen LogP contribution in [-0.2, 0) is 4.79 Å². The Balaban J connectivity index is 0.00000131. The zero-order valence-electron chi connectivity index (χ0n) is 15.0. The molecule has 1 aliphatic heterocycles. The van der Waals surface area contributed by atoms with Crippen molar-refractivity contribution in [1.29, 1.82) is 0 Å². The largest absolute Gasteiger partial charge is 0.439 e. The molecule has 0 spiro atoms. The van der Waals surface area contributed by atoms with E-state index in [1.807, 2.05) is 36.4 Å². The number of anilines is 1. The van der Waals surface area contributed by atoms with Crippen molar-refractivity contribution in [2.45, 2.75) is 44.2 Å². The number of benzene rings is 1. The number of fused-ring (bicyclic) bond motifs is 1. The van der Waals surface area contributed by atoms with Crippen LogP contribution >= 0.6 is 24.8 Å². The summed E-state index contributed by atoms with van der Waals surface area (Å²) in [5.74, 6) is 1.89. The van der Waals surface area contributed by atoms with Crippen molar-refractivity contribution in [2.24, 2.45) is 5.92 Å². The van der Waals surface area contributed by atoms with Crippen LogP contribution in [0.3, 0.4) is 0 Å². The number of ether oxygens (including phenoxy) is 1. The van der Waals surface area contributed by atoms with Crippen molar-refractivity contribution < 1.29 is 9.53 Å². The average molecular weight is 410 g/mol. The van der Waals surface area contributed by atoms with Gasteiger partial charge in [-0.2, -0.15) is 0 Å². The number of nitrogens with zero attached hydrogens (tertiary/aromatic N) is 1. The highest BCUT2D eigenvalue weighted by Gasteiger charge is 2.38. The number of rotatable bonds is 4. The molecule has 2 N–H and O–H groups in total. The maximum Gasteiger partial charge on any atom is 0.241 e. The number of aromatic nitrogens is 1. The number of amides is 1. The van der Waals surface area contributed by atoms with Crippen molar-refractivity contribution in [2.75, 3.05) is 5.32 Å². The molecule has 1 aliphatic carbocycles. The third-order valence-electron chi connectivity index (χ3n) is 5.14. The normalized spacial score (nSPS) is 23.3. The standard InChI is InChI=1S/C20H23N3O2.2ClH/c24-20(18-12-14-6-1-2-9-17(14)23-18)22-15-7-5-8-16(13-15)25-19-10-3-4-11-21-19;;/h3-5,7-8,10-11,13-14,17-18,23H,1-2,6,9,12H2,(H,22,24);2*1H. The van der Waals surface area contributed by atoms with Crippen molar-refractivity contribution >= 4 is 36.4 Å². The molecule has 0 radical (unpaired) electrons. The molecule has 2 fully saturated rings. The topological polar surface area (TPSA) is 63.2 Å². The highest BCUT2D eigenvalue weighted by atomic mass is 35.5. The predicted octanol–water partition coefficient (Wildman–Crippen LogP) is 4.58. The highest BCUT2D eigenvalue weighted by Crippen LogP contribution is 2.33. The number of pyridine rings is 1. The van der Waals surface area contributed by atoms with Gasteiger partial charge in [-0.15, -0.1) is 24.8 Å². The Kier molecular flexibility index (Phi) is 7.90. The summed E-state index contributed by atoms with van der Waals surface area (Å²) in [6.45, 7) is 0. The molecule has 0 bridgehead atoms. The minimum absolute atomic E-state index is 0. The van der Waals surface area contributed by atoms with E-state index < -0.39 is 0 Å². The Morgan fingerprint density at radius 1 is 1.11 bits per heavy atom. The quantitative estimate of drug-likeness (QED) is 0.775. The van der Waals surface area contributed by atoms with E-state index in [1.165, 1.54) is 25.7 Å². The minimum atomic E-state index is -0.0894. The van der Waals surface area contributed by atoms with Gasteiger partial charge in [-0.25, -0.2) is 4.98 Å². The molecule has 1 amide bonds. The van der Waals surface area contributed by atoms with Crippen LogP contribution in [0.4, 0.5) is 5.69 Å². The highest BCUT2D eigenvalue weighted by molar-refractivity contribution is 5.95. The summed E-state index contributed by atoms with van der Waals surface area (Å²) in [4.78, 5) is 16.8. The summed E-state index contributed by atoms with van der Waals surface area (Å²) in [6.07, 6.45) is 7.64. The molecular weight excluding hydrogens is 385 g/mol. The fourth-order valence-corrected chi connectivity index (χ4v) is 3.92. The van der Waals surface area contributed by atoms with Crippen molar-refractivity contribution in [3.63, 3.8) is 0 Å². The molecule has 2 heterocycles. The maximum atomic E-state index is 12.6. The number of hydrogen-bond acceptors (Lipinski definition) is 4. The number of carbonyl (C=O) groups excluding carboxylic acids is 1. The zero-order valence-corrected chi connectivity index (χ0v) is 16.6. The molecule has 146 valence electrons. The van der Waals surface area contributed by atoms with Crippen LogP contribution in [0.5, 0.6) is 11.6 Å². The first kappa shape index (κ1) is 21.5. The third kappa shape index (κ3) is 5.34. The van der Waals surface area contributed by atoms with Crippen molar-refractivity contribution in [3.05, 3.63) is 48.7 Å². The van der Waals surface area contributed by atoms with Crippen LogP contribution in [0.1, 0.15) is 32.1 Å². The van der Waals surface area contributed by atoms with Crippen LogP contribution in [0.15, 0.2) is 48.7 Å². The minimum Gasteiger partial charge on any atom is -0.439 e. The summed E-state index contributed by atoms with van der Waals surface area (Å²) in [5, 5.41) is 6.53. The lowest BCUT2D eigenvalue weighted by Gasteiger charge is -2.24. The molecule has 2 aromatic rings. The summed E-state index contributed by atoms with van der Waals surface area (Å²) >= 11 is 0. The fraction of sp³-hybridized carbons (Fsp3) is 0.400. The van der Waals surface area contributed by atoms with Gasteiger partial charge in [0.15, 0.2) is 0 Å². The molecule has 7 heteroatoms. The van der Waals surface area contributed by atoms with Gasteiger partial charge in [-0.1, -0.05) is 25.0 Å². The molecule has 4 rings (SSSR count). The van der Waals surface area contributed by atoms with Gasteiger partial charge in [-0.3, -0.25) is 4.79 Å². The van der Waals surface area contributed by atoms with Crippen LogP contribution in [-0.4, -0.2) is 23.0 Å². The van der Waals surface area contributed by atoms with Gasteiger partial charge < -0.3 is 15.4 Å². The van der Waals surface area contributed by atoms with Crippen LogP contribution in [0.25, 0.3) is 0 Å². The molecular formula is C20H25Cl2N3O2. The summed E-state index contributed by atoms with van der Waals surface area (Å²) < 4.78 is 5.73. The second-order valence-corrected chi connectivity index (χ2v) is 6.89. The smallest absolute Gasteiger partial charge is 0.241 e. The average Bonchev–Trinajstić information content (AvgIpc) is 3.07. The van der Waals surface area contributed by atoms with Gasteiger partial charge in [0.05, 0.1) is 6.04 Å². The molecule has 27 heavy (non-hydrogen) atoms. The van der Waals surface area contributed by atoms with Gasteiger partial charge in [0.2, 0.25) is 11.8 Å². The third-order valence-corrected chi connectivity index (χ3v) is 5.14. The van der Waals surface area contributed by atoms with E-state index in [2.05, 4.69) is 15.6 Å². The lowest BCUT2D eigenvalue weighted by Crippen LogP contribution is -2.39. The molecule has 3 atom stereocenters. The Morgan fingerprint density at radius 3 is 2.74 bits per heavy atom. The Morgan fingerprint density at radius 2 is 1.96 bits per heavy atom. The Labute approximate surface area is 172 Å². The molecule has 1 aromatic carbocycles. The Bertz CT molecular complexity index is 731. The van der Waals surface area contributed by atoms with Crippen molar-refractivity contribution in [1.82, 2.24) is 10.3 Å². The van der Waals surface area contributed by atoms with E-state index in [0.717, 1.165) is 12.1 Å². The van der Waals surface area contributed by atoms with Crippen LogP contribution < -0.4 is 15.4 Å². The SMILES string of the molecule is Cl.Cl.O=C(Nc1cccc(Oc2ccccn2)c1)C1CC2CCCCC2N1. The van der Waals surface area contributed by atoms with E-state index >= 15 is 0 Å². The lowest BCUT2D eigenvalue weighted by molar-refractivity contribution is -0.117. The van der Waals surface area contributed by atoms with E-state index in [0.29, 0.717) is 23.6 Å². The molecule has 1 saturated carbocycles. The zero-order chi connectivity index (χ0) is 17.1. The lowest BCUT2D eigenvalue weighted by atomic mass is 9.85. The molecule has 1 aromatic heterocycles. The molecule has 2 aliphatic rings. The van der Waals surface area contributed by atoms with E-state index in [1.54, 1.807) is 12.3 Å². The number of halogens is 2. The monoisotopic (exact) mass is 409 g/mol. The van der Waals surface area contributed by atoms with E-state index in [9.17, 15) is 4.79 Å². The first-order valence-corrected chi connectivity index (χ1v) is 9.04. The number of hydrogen-bond donors (Lipinski definition) is 2.